The molecule has 0 saturated carbocycles. The zero-order valence-corrected chi connectivity index (χ0v) is 18.2. The standard InChI is InChI=1S/C25H22N6O2/c1-17-5-4-6-18(15-17)19-8-10-31(29-19)25-27-21-16-22(20-7-2-3-9-26-20)33-23(21)24(28-25)30-11-13-32-14-12-30/h2-10,15-16H,11-14H2,1H3. The van der Waals surface area contributed by atoms with Gasteiger partial charge in [0.1, 0.15) is 11.2 Å². The number of benzene rings is 1. The maximum Gasteiger partial charge on any atom is 0.253 e. The SMILES string of the molecule is Cc1cccc(-c2ccn(-c3nc(N4CCOCC4)c4oc(-c5ccccn5)cc4n3)n2)c1. The third-order valence-electron chi connectivity index (χ3n) is 5.68. The summed E-state index contributed by atoms with van der Waals surface area (Å²) in [6, 6.07) is 17.9. The first kappa shape index (κ1) is 19.6. The lowest BCUT2D eigenvalue weighted by atomic mass is 10.1. The summed E-state index contributed by atoms with van der Waals surface area (Å²) >= 11 is 0. The van der Waals surface area contributed by atoms with Gasteiger partial charge in [-0.15, -0.1) is 0 Å². The van der Waals surface area contributed by atoms with Crippen molar-refractivity contribution in [2.24, 2.45) is 0 Å². The normalized spacial score (nSPS) is 14.2. The Morgan fingerprint density at radius 1 is 0.909 bits per heavy atom. The van der Waals surface area contributed by atoms with Crippen molar-refractivity contribution in [2.45, 2.75) is 6.92 Å². The molecule has 1 aromatic carbocycles. The molecule has 1 saturated heterocycles. The molecular formula is C25H22N6O2. The predicted octanol–water partition coefficient (Wildman–Crippen LogP) is 4.28. The zero-order chi connectivity index (χ0) is 22.2. The first-order valence-corrected chi connectivity index (χ1v) is 10.9. The van der Waals surface area contributed by atoms with Crippen molar-refractivity contribution in [1.29, 1.82) is 0 Å². The van der Waals surface area contributed by atoms with E-state index in [2.05, 4.69) is 35.0 Å². The van der Waals surface area contributed by atoms with Crippen LogP contribution in [0.4, 0.5) is 5.82 Å². The molecule has 0 N–H and O–H groups in total. The molecule has 0 unspecified atom stereocenters. The molecule has 5 aromatic rings. The maximum absolute atomic E-state index is 6.22. The van der Waals surface area contributed by atoms with Crippen LogP contribution in [-0.4, -0.2) is 51.0 Å². The van der Waals surface area contributed by atoms with Crippen LogP contribution in [0.25, 0.3) is 39.8 Å². The second kappa shape index (κ2) is 8.14. The number of rotatable bonds is 4. The molecule has 164 valence electrons. The minimum absolute atomic E-state index is 0.497. The van der Waals surface area contributed by atoms with E-state index in [9.17, 15) is 0 Å². The molecule has 8 heteroatoms. The van der Waals surface area contributed by atoms with Crippen molar-refractivity contribution in [2.75, 3.05) is 31.2 Å². The van der Waals surface area contributed by atoms with Gasteiger partial charge in [-0.05, 0) is 31.2 Å². The lowest BCUT2D eigenvalue weighted by Gasteiger charge is -2.27. The summed E-state index contributed by atoms with van der Waals surface area (Å²) in [4.78, 5) is 16.2. The van der Waals surface area contributed by atoms with Gasteiger partial charge >= 0.3 is 0 Å². The van der Waals surface area contributed by atoms with E-state index in [0.29, 0.717) is 30.5 Å². The predicted molar refractivity (Wildman–Crippen MR) is 125 cm³/mol. The number of pyridine rings is 1. The first-order valence-electron chi connectivity index (χ1n) is 10.9. The Bertz CT molecular complexity index is 1420. The number of aromatic nitrogens is 5. The van der Waals surface area contributed by atoms with Crippen LogP contribution in [0.1, 0.15) is 5.56 Å². The van der Waals surface area contributed by atoms with E-state index >= 15 is 0 Å². The molecule has 6 rings (SSSR count). The summed E-state index contributed by atoms with van der Waals surface area (Å²) in [6.07, 6.45) is 3.64. The molecule has 0 aliphatic carbocycles. The van der Waals surface area contributed by atoms with E-state index < -0.39 is 0 Å². The van der Waals surface area contributed by atoms with Gasteiger partial charge < -0.3 is 14.1 Å². The van der Waals surface area contributed by atoms with E-state index in [1.54, 1.807) is 10.9 Å². The Hall–Kier alpha value is -4.04. The van der Waals surface area contributed by atoms with E-state index in [1.165, 1.54) is 5.56 Å². The van der Waals surface area contributed by atoms with Gasteiger partial charge in [0.25, 0.3) is 5.95 Å². The molecule has 4 aromatic heterocycles. The van der Waals surface area contributed by atoms with Crippen LogP contribution < -0.4 is 4.90 Å². The van der Waals surface area contributed by atoms with Crippen molar-refractivity contribution >= 4 is 16.9 Å². The van der Waals surface area contributed by atoms with Crippen molar-refractivity contribution in [1.82, 2.24) is 24.7 Å². The van der Waals surface area contributed by atoms with Crippen molar-refractivity contribution < 1.29 is 9.15 Å². The molecule has 0 bridgehead atoms. The molecule has 1 aliphatic rings. The fourth-order valence-electron chi connectivity index (χ4n) is 4.02. The van der Waals surface area contributed by atoms with Crippen LogP contribution in [0.3, 0.4) is 0 Å². The van der Waals surface area contributed by atoms with Crippen LogP contribution >= 0.6 is 0 Å². The van der Waals surface area contributed by atoms with E-state index in [1.807, 2.05) is 42.6 Å². The number of furan rings is 1. The molecule has 0 spiro atoms. The summed E-state index contributed by atoms with van der Waals surface area (Å²) in [5.41, 5.74) is 5.24. The highest BCUT2D eigenvalue weighted by molar-refractivity contribution is 5.88. The minimum atomic E-state index is 0.497. The highest BCUT2D eigenvalue weighted by Crippen LogP contribution is 2.32. The van der Waals surface area contributed by atoms with Crippen LogP contribution in [0.2, 0.25) is 0 Å². The smallest absolute Gasteiger partial charge is 0.253 e. The largest absolute Gasteiger partial charge is 0.449 e. The molecule has 33 heavy (non-hydrogen) atoms. The van der Waals surface area contributed by atoms with Crippen molar-refractivity contribution in [3.05, 3.63) is 72.6 Å². The minimum Gasteiger partial charge on any atom is -0.449 e. The Balaban J connectivity index is 1.47. The number of nitrogens with zero attached hydrogens (tertiary/aromatic N) is 6. The monoisotopic (exact) mass is 438 g/mol. The lowest BCUT2D eigenvalue weighted by molar-refractivity contribution is 0.122. The highest BCUT2D eigenvalue weighted by Gasteiger charge is 2.22. The third-order valence-corrected chi connectivity index (χ3v) is 5.68. The maximum atomic E-state index is 6.22. The molecule has 1 fully saturated rings. The van der Waals surface area contributed by atoms with Crippen LogP contribution in [0.15, 0.2) is 71.4 Å². The average Bonchev–Trinajstić information content (AvgIpc) is 3.52. The van der Waals surface area contributed by atoms with Gasteiger partial charge in [-0.2, -0.15) is 10.1 Å². The fourth-order valence-corrected chi connectivity index (χ4v) is 4.02. The number of morpholine rings is 1. The Labute approximate surface area is 190 Å². The molecule has 0 atom stereocenters. The average molecular weight is 438 g/mol. The number of ether oxygens (including phenoxy) is 1. The number of fused-ring (bicyclic) bond motifs is 1. The summed E-state index contributed by atoms with van der Waals surface area (Å²) in [5.74, 6) is 1.90. The van der Waals surface area contributed by atoms with Gasteiger partial charge in [0.15, 0.2) is 17.2 Å². The first-order chi connectivity index (χ1) is 16.2. The van der Waals surface area contributed by atoms with Crippen molar-refractivity contribution in [3.8, 4) is 28.7 Å². The summed E-state index contributed by atoms with van der Waals surface area (Å²) < 4.78 is 13.5. The topological polar surface area (TPSA) is 82.1 Å². The fraction of sp³-hybridized carbons (Fsp3) is 0.200. The van der Waals surface area contributed by atoms with E-state index in [-0.39, 0.29) is 0 Å². The quantitative estimate of drug-likeness (QED) is 0.414. The van der Waals surface area contributed by atoms with Crippen molar-refractivity contribution in [3.63, 3.8) is 0 Å². The Morgan fingerprint density at radius 2 is 1.82 bits per heavy atom. The van der Waals surface area contributed by atoms with Crippen LogP contribution in [0, 0.1) is 6.92 Å². The number of hydrogen-bond acceptors (Lipinski definition) is 7. The third kappa shape index (κ3) is 3.74. The van der Waals surface area contributed by atoms with Gasteiger partial charge in [0.05, 0.1) is 18.9 Å². The molecule has 8 nitrogen and oxygen atoms in total. The van der Waals surface area contributed by atoms with Gasteiger partial charge in [-0.1, -0.05) is 29.8 Å². The van der Waals surface area contributed by atoms with Gasteiger partial charge in [-0.3, -0.25) is 4.98 Å². The molecule has 1 aliphatic heterocycles. The number of aryl methyl sites for hydroxylation is 1. The molecule has 0 amide bonds. The summed E-state index contributed by atoms with van der Waals surface area (Å²) in [6.45, 7) is 4.84. The van der Waals surface area contributed by atoms with E-state index in [0.717, 1.165) is 41.4 Å². The second-order valence-electron chi connectivity index (χ2n) is 8.00. The number of hydrogen-bond donors (Lipinski definition) is 0. The molecular weight excluding hydrogens is 416 g/mol. The number of anilines is 1. The zero-order valence-electron chi connectivity index (χ0n) is 18.2. The Morgan fingerprint density at radius 3 is 2.64 bits per heavy atom. The lowest BCUT2D eigenvalue weighted by Crippen LogP contribution is -2.37. The van der Waals surface area contributed by atoms with E-state index in [4.69, 9.17) is 24.2 Å². The molecule has 0 radical (unpaired) electrons. The van der Waals surface area contributed by atoms with Crippen LogP contribution in [-0.2, 0) is 4.74 Å². The van der Waals surface area contributed by atoms with Gasteiger partial charge in [0.2, 0.25) is 0 Å². The highest BCUT2D eigenvalue weighted by atomic mass is 16.5. The second-order valence-corrected chi connectivity index (χ2v) is 8.00. The Kier molecular flexibility index (Phi) is 4.84. The van der Waals surface area contributed by atoms with Crippen LogP contribution in [0.5, 0.6) is 0 Å². The van der Waals surface area contributed by atoms with Gasteiger partial charge in [-0.25, -0.2) is 9.67 Å². The van der Waals surface area contributed by atoms with Gasteiger partial charge in [0, 0.05) is 37.1 Å². The summed E-state index contributed by atoms with van der Waals surface area (Å²) in [5, 5.41) is 4.76. The summed E-state index contributed by atoms with van der Waals surface area (Å²) in [7, 11) is 0. The molecule has 5 heterocycles.